The number of fused-ring (bicyclic) bond motifs is 3. The average Bonchev–Trinajstić information content (AvgIpc) is 3.57. The van der Waals surface area contributed by atoms with Crippen LogP contribution in [0, 0.1) is 22.7 Å². The summed E-state index contributed by atoms with van der Waals surface area (Å²) in [5, 5.41) is 28.5. The van der Waals surface area contributed by atoms with Crippen molar-refractivity contribution in [1.82, 2.24) is 9.55 Å². The van der Waals surface area contributed by atoms with Gasteiger partial charge in [-0.1, -0.05) is 36.9 Å². The summed E-state index contributed by atoms with van der Waals surface area (Å²) < 4.78 is 2.26. The Balaban J connectivity index is 1.47. The van der Waals surface area contributed by atoms with Gasteiger partial charge in [0.15, 0.2) is 0 Å². The van der Waals surface area contributed by atoms with Crippen molar-refractivity contribution in [1.29, 1.82) is 10.5 Å². The number of rotatable bonds is 7. The number of carbonyl (C=O) groups excluding carboxylic acids is 1. The Labute approximate surface area is 228 Å². The minimum Gasteiger partial charge on any atom is -0.383 e. The summed E-state index contributed by atoms with van der Waals surface area (Å²) in [4.78, 5) is 17.8. The Kier molecular flexibility index (Phi) is 7.06. The molecular weight excluding hydrogens is 512 g/mol. The van der Waals surface area contributed by atoms with Crippen molar-refractivity contribution in [2.45, 2.75) is 37.1 Å². The molecule has 0 bridgehead atoms. The van der Waals surface area contributed by atoms with Crippen LogP contribution in [-0.2, 0) is 11.3 Å². The topological polar surface area (TPSA) is 121 Å². The standard InChI is InChI=1S/C29H24N6OS2/c1-3-25(38-29-22(15-31)26(17-11-12-37-16-17)21(14-30)27(32)34-29)28(36)33-18-9-10-24-20(13-18)19-7-5-6-8-23(19)35(24)4-2/h5-13,16,25H,3-4H2,1-2H3,(H2,32,34)(H,33,36). The van der Waals surface area contributed by atoms with Crippen molar-refractivity contribution < 1.29 is 4.79 Å². The maximum Gasteiger partial charge on any atom is 0.237 e. The highest BCUT2D eigenvalue weighted by molar-refractivity contribution is 8.00. The van der Waals surface area contributed by atoms with E-state index in [0.29, 0.717) is 22.7 Å². The van der Waals surface area contributed by atoms with E-state index in [9.17, 15) is 15.3 Å². The molecule has 1 unspecified atom stereocenters. The number of para-hydroxylation sites is 1. The lowest BCUT2D eigenvalue weighted by Gasteiger charge is -2.17. The van der Waals surface area contributed by atoms with E-state index in [-0.39, 0.29) is 22.9 Å². The minimum atomic E-state index is -0.523. The number of anilines is 2. The summed E-state index contributed by atoms with van der Waals surface area (Å²) in [6.45, 7) is 4.88. The molecule has 3 N–H and O–H groups in total. The predicted octanol–water partition coefficient (Wildman–Crippen LogP) is 6.77. The number of thioether (sulfide) groups is 1. The molecule has 1 amide bonds. The van der Waals surface area contributed by atoms with Gasteiger partial charge in [0.25, 0.3) is 0 Å². The van der Waals surface area contributed by atoms with E-state index >= 15 is 0 Å². The number of aromatic nitrogens is 2. The largest absolute Gasteiger partial charge is 0.383 e. The van der Waals surface area contributed by atoms with Crippen LogP contribution in [0.3, 0.4) is 0 Å². The van der Waals surface area contributed by atoms with Crippen molar-refractivity contribution in [3.8, 4) is 23.3 Å². The number of amides is 1. The van der Waals surface area contributed by atoms with E-state index in [1.54, 1.807) is 0 Å². The number of nitrogens with zero attached hydrogens (tertiary/aromatic N) is 4. The Morgan fingerprint density at radius 1 is 1.11 bits per heavy atom. The molecule has 9 heteroatoms. The number of aryl methyl sites for hydroxylation is 1. The van der Waals surface area contributed by atoms with Crippen LogP contribution in [0.2, 0.25) is 0 Å². The van der Waals surface area contributed by atoms with E-state index in [1.807, 2.05) is 54.1 Å². The van der Waals surface area contributed by atoms with Crippen molar-refractivity contribution >= 4 is 62.3 Å². The zero-order chi connectivity index (χ0) is 26.8. The molecule has 5 aromatic rings. The summed E-state index contributed by atoms with van der Waals surface area (Å²) in [6, 6.07) is 20.3. The number of nitriles is 2. The second-order valence-corrected chi connectivity index (χ2v) is 10.6. The number of nitrogens with one attached hydrogen (secondary N) is 1. The summed E-state index contributed by atoms with van der Waals surface area (Å²) >= 11 is 2.65. The molecule has 0 spiro atoms. The van der Waals surface area contributed by atoms with Crippen LogP contribution in [-0.4, -0.2) is 20.7 Å². The first kappa shape index (κ1) is 25.3. The molecule has 0 aliphatic heterocycles. The maximum atomic E-state index is 13.4. The molecule has 0 aliphatic rings. The van der Waals surface area contributed by atoms with Crippen molar-refractivity contribution in [2.24, 2.45) is 0 Å². The number of pyridine rings is 1. The molecule has 1 atom stereocenters. The Hall–Kier alpha value is -4.31. The van der Waals surface area contributed by atoms with Crippen LogP contribution in [0.4, 0.5) is 11.5 Å². The van der Waals surface area contributed by atoms with Gasteiger partial charge in [0, 0.05) is 39.6 Å². The van der Waals surface area contributed by atoms with Gasteiger partial charge in [-0.25, -0.2) is 4.98 Å². The minimum absolute atomic E-state index is 0.0447. The van der Waals surface area contributed by atoms with Crippen molar-refractivity contribution in [2.75, 3.05) is 11.1 Å². The molecule has 38 heavy (non-hydrogen) atoms. The molecule has 0 saturated carbocycles. The van der Waals surface area contributed by atoms with Crippen LogP contribution < -0.4 is 11.1 Å². The highest BCUT2D eigenvalue weighted by Gasteiger charge is 2.26. The summed E-state index contributed by atoms with van der Waals surface area (Å²) in [7, 11) is 0. The number of thiophene rings is 1. The van der Waals surface area contributed by atoms with Gasteiger partial charge in [-0.2, -0.15) is 21.9 Å². The van der Waals surface area contributed by atoms with Gasteiger partial charge in [-0.3, -0.25) is 4.79 Å². The number of nitrogens with two attached hydrogens (primary N) is 1. The molecule has 188 valence electrons. The van der Waals surface area contributed by atoms with E-state index in [1.165, 1.54) is 23.1 Å². The van der Waals surface area contributed by atoms with E-state index in [2.05, 4.69) is 46.1 Å². The van der Waals surface area contributed by atoms with E-state index < -0.39 is 5.25 Å². The van der Waals surface area contributed by atoms with Gasteiger partial charge in [-0.15, -0.1) is 0 Å². The van der Waals surface area contributed by atoms with Crippen LogP contribution in [0.25, 0.3) is 32.9 Å². The molecule has 0 aliphatic carbocycles. The van der Waals surface area contributed by atoms with Crippen LogP contribution in [0.5, 0.6) is 0 Å². The zero-order valence-corrected chi connectivity index (χ0v) is 22.5. The van der Waals surface area contributed by atoms with Gasteiger partial charge in [-0.05, 0) is 60.0 Å². The monoisotopic (exact) mass is 536 g/mol. The van der Waals surface area contributed by atoms with Crippen molar-refractivity contribution in [3.05, 3.63) is 70.4 Å². The predicted molar refractivity (Wildman–Crippen MR) is 155 cm³/mol. The molecule has 0 saturated heterocycles. The molecule has 7 nitrogen and oxygen atoms in total. The SMILES string of the molecule is CCC(Sc1nc(N)c(C#N)c(-c2ccsc2)c1C#N)C(=O)Nc1ccc2c(c1)c1ccccc1n2CC. The van der Waals surface area contributed by atoms with Crippen LogP contribution in [0.15, 0.2) is 64.3 Å². The third kappa shape index (κ3) is 4.37. The second kappa shape index (κ2) is 10.6. The molecule has 2 aromatic carbocycles. The zero-order valence-electron chi connectivity index (χ0n) is 20.9. The maximum absolute atomic E-state index is 13.4. The van der Waals surface area contributed by atoms with Gasteiger partial charge in [0.2, 0.25) is 5.91 Å². The summed E-state index contributed by atoms with van der Waals surface area (Å²) in [5.74, 6) is -0.148. The van der Waals surface area contributed by atoms with E-state index in [4.69, 9.17) is 5.73 Å². The fraction of sp³-hybridized carbons (Fsp3) is 0.172. The lowest BCUT2D eigenvalue weighted by Crippen LogP contribution is -2.25. The molecule has 5 rings (SSSR count). The molecule has 3 aromatic heterocycles. The Morgan fingerprint density at radius 3 is 2.55 bits per heavy atom. The van der Waals surface area contributed by atoms with E-state index in [0.717, 1.165) is 33.9 Å². The molecule has 3 heterocycles. The summed E-state index contributed by atoms with van der Waals surface area (Å²) in [5.41, 5.74) is 10.7. The van der Waals surface area contributed by atoms with Gasteiger partial charge >= 0.3 is 0 Å². The fourth-order valence-electron chi connectivity index (χ4n) is 4.73. The lowest BCUT2D eigenvalue weighted by molar-refractivity contribution is -0.115. The number of hydrogen-bond acceptors (Lipinski definition) is 7. The number of carbonyl (C=O) groups is 1. The number of nitrogen functional groups attached to an aromatic ring is 1. The molecular formula is C29H24N6OS2. The highest BCUT2D eigenvalue weighted by atomic mass is 32.2. The second-order valence-electron chi connectivity index (χ2n) is 8.66. The Bertz CT molecular complexity index is 1760. The first-order valence-corrected chi connectivity index (χ1v) is 14.0. The third-order valence-electron chi connectivity index (χ3n) is 6.50. The number of benzene rings is 2. The molecule has 0 fully saturated rings. The highest BCUT2D eigenvalue weighted by Crippen LogP contribution is 2.38. The first-order chi connectivity index (χ1) is 18.5. The third-order valence-corrected chi connectivity index (χ3v) is 8.53. The normalized spacial score (nSPS) is 11.8. The molecule has 0 radical (unpaired) electrons. The van der Waals surface area contributed by atoms with Gasteiger partial charge in [0.1, 0.15) is 28.5 Å². The van der Waals surface area contributed by atoms with Crippen molar-refractivity contribution in [3.63, 3.8) is 0 Å². The van der Waals surface area contributed by atoms with Crippen LogP contribution in [0.1, 0.15) is 31.4 Å². The summed E-state index contributed by atoms with van der Waals surface area (Å²) in [6.07, 6.45) is 0.508. The quantitative estimate of drug-likeness (QED) is 0.221. The van der Waals surface area contributed by atoms with Gasteiger partial charge < -0.3 is 15.6 Å². The lowest BCUT2D eigenvalue weighted by atomic mass is 9.99. The fourth-order valence-corrected chi connectivity index (χ4v) is 6.40. The number of hydrogen-bond donors (Lipinski definition) is 2. The first-order valence-electron chi connectivity index (χ1n) is 12.1. The average molecular weight is 537 g/mol. The smallest absolute Gasteiger partial charge is 0.237 e. The van der Waals surface area contributed by atoms with Crippen LogP contribution >= 0.6 is 23.1 Å². The van der Waals surface area contributed by atoms with Gasteiger partial charge in [0.05, 0.1) is 10.8 Å². The Morgan fingerprint density at radius 2 is 1.87 bits per heavy atom.